The number of carbonyl (C=O) groups excluding carboxylic acids is 1. The summed E-state index contributed by atoms with van der Waals surface area (Å²) < 4.78 is 34.8. The van der Waals surface area contributed by atoms with Crippen LogP contribution in [0.4, 0.5) is 8.78 Å². The quantitative estimate of drug-likeness (QED) is 0.513. The minimum Gasteiger partial charge on any atom is -0.495 e. The van der Waals surface area contributed by atoms with Gasteiger partial charge in [-0.15, -0.1) is 0 Å². The van der Waals surface area contributed by atoms with Crippen molar-refractivity contribution in [1.82, 2.24) is 14.5 Å². The van der Waals surface area contributed by atoms with Crippen molar-refractivity contribution in [3.8, 4) is 11.4 Å². The van der Waals surface area contributed by atoms with Crippen LogP contribution in [0.1, 0.15) is 42.6 Å². The van der Waals surface area contributed by atoms with Crippen molar-refractivity contribution in [3.63, 3.8) is 0 Å². The van der Waals surface area contributed by atoms with Gasteiger partial charge in [-0.1, -0.05) is 6.07 Å². The molecule has 4 rings (SSSR count). The van der Waals surface area contributed by atoms with Crippen LogP contribution < -0.4 is 4.74 Å². The van der Waals surface area contributed by atoms with Gasteiger partial charge in [0.25, 0.3) is 0 Å². The van der Waals surface area contributed by atoms with E-state index in [0.717, 1.165) is 29.4 Å². The number of likely N-dealkylation sites (tertiary alicyclic amines) is 1. The van der Waals surface area contributed by atoms with E-state index in [1.807, 2.05) is 42.0 Å². The number of aromatic nitrogens is 2. The Labute approximate surface area is 186 Å². The number of halogens is 2. The maximum absolute atomic E-state index is 13.7. The van der Waals surface area contributed by atoms with E-state index < -0.39 is 17.7 Å². The molecule has 1 aromatic heterocycles. The number of carbonyl (C=O) groups is 1. The van der Waals surface area contributed by atoms with Gasteiger partial charge in [0, 0.05) is 24.4 Å². The molecule has 0 radical (unpaired) electrons. The zero-order valence-electron chi connectivity index (χ0n) is 18.3. The number of piperidine rings is 1. The number of amides is 1. The Kier molecular flexibility index (Phi) is 6.08. The van der Waals surface area contributed by atoms with Crippen LogP contribution in [0.2, 0.25) is 0 Å². The second-order valence-electron chi connectivity index (χ2n) is 8.00. The van der Waals surface area contributed by atoms with Gasteiger partial charge in [0.15, 0.2) is 0 Å². The highest BCUT2D eigenvalue weighted by Gasteiger charge is 2.28. The van der Waals surface area contributed by atoms with Crippen molar-refractivity contribution >= 4 is 12.0 Å². The molecule has 0 unspecified atom stereocenters. The number of benzene rings is 2. The number of ether oxygens (including phenoxy) is 1. The Bertz CT molecular complexity index is 1170. The van der Waals surface area contributed by atoms with Crippen molar-refractivity contribution in [2.45, 2.75) is 32.7 Å². The average molecular weight is 437 g/mol. The Hall–Kier alpha value is -3.48. The molecule has 2 heterocycles. The lowest BCUT2D eigenvalue weighted by molar-refractivity contribution is -0.130. The molecule has 1 fully saturated rings. The number of nitrogens with zero attached hydrogens (tertiary/aromatic N) is 3. The summed E-state index contributed by atoms with van der Waals surface area (Å²) in [5.41, 5.74) is 3.70. The van der Waals surface area contributed by atoms with Gasteiger partial charge in [0.1, 0.15) is 17.4 Å². The highest BCUT2D eigenvalue weighted by molar-refractivity contribution is 5.98. The molecule has 3 aromatic rings. The first-order valence-electron chi connectivity index (χ1n) is 10.5. The Morgan fingerprint density at radius 3 is 2.56 bits per heavy atom. The summed E-state index contributed by atoms with van der Waals surface area (Å²) in [4.78, 5) is 19.1. The molecule has 0 aliphatic carbocycles. The second kappa shape index (κ2) is 8.94. The van der Waals surface area contributed by atoms with Crippen LogP contribution in [0.3, 0.4) is 0 Å². The predicted molar refractivity (Wildman–Crippen MR) is 119 cm³/mol. The molecule has 0 bridgehead atoms. The topological polar surface area (TPSA) is 47.4 Å². The van der Waals surface area contributed by atoms with Gasteiger partial charge in [0.05, 0.1) is 30.9 Å². The van der Waals surface area contributed by atoms with Crippen molar-refractivity contribution < 1.29 is 18.3 Å². The van der Waals surface area contributed by atoms with Gasteiger partial charge < -0.3 is 14.2 Å². The molecule has 1 amide bonds. The number of methoxy groups -OCH3 is 1. The molecule has 0 saturated carbocycles. The van der Waals surface area contributed by atoms with Crippen molar-refractivity contribution in [3.05, 3.63) is 83.0 Å². The van der Waals surface area contributed by atoms with Crippen LogP contribution in [0.5, 0.6) is 5.75 Å². The SMILES string of the molecule is COc1cc(C=C2CCCN([C@H](C)c3cc(F)cc(F)c3)C2=O)ccc1-n1cnc(C)c1. The fraction of sp³-hybridized carbons (Fsp3) is 0.280. The summed E-state index contributed by atoms with van der Waals surface area (Å²) in [6.07, 6.45) is 6.92. The molecular weight excluding hydrogens is 412 g/mol. The van der Waals surface area contributed by atoms with Crippen LogP contribution in [0.25, 0.3) is 11.8 Å². The van der Waals surface area contributed by atoms with E-state index in [-0.39, 0.29) is 5.91 Å². The minimum absolute atomic E-state index is 0.123. The Morgan fingerprint density at radius 2 is 1.91 bits per heavy atom. The van der Waals surface area contributed by atoms with Crippen molar-refractivity contribution in [2.75, 3.05) is 13.7 Å². The van der Waals surface area contributed by atoms with E-state index in [2.05, 4.69) is 4.98 Å². The molecule has 7 heteroatoms. The molecule has 1 aliphatic heterocycles. The fourth-order valence-electron chi connectivity index (χ4n) is 4.08. The zero-order chi connectivity index (χ0) is 22.8. The smallest absolute Gasteiger partial charge is 0.250 e. The molecule has 1 atom stereocenters. The number of rotatable bonds is 5. The first-order chi connectivity index (χ1) is 15.4. The maximum atomic E-state index is 13.7. The van der Waals surface area contributed by atoms with E-state index >= 15 is 0 Å². The summed E-state index contributed by atoms with van der Waals surface area (Å²) >= 11 is 0. The van der Waals surface area contributed by atoms with Crippen molar-refractivity contribution in [1.29, 1.82) is 0 Å². The molecule has 5 nitrogen and oxygen atoms in total. The van der Waals surface area contributed by atoms with E-state index in [4.69, 9.17) is 4.74 Å². The summed E-state index contributed by atoms with van der Waals surface area (Å²) in [5, 5.41) is 0. The molecule has 1 aliphatic rings. The normalized spacial score (nSPS) is 16.5. The van der Waals surface area contributed by atoms with Crippen LogP contribution in [0.15, 0.2) is 54.5 Å². The van der Waals surface area contributed by atoms with Gasteiger partial charge in [-0.05, 0) is 68.2 Å². The molecule has 166 valence electrons. The molecule has 0 N–H and O–H groups in total. The third-order valence-electron chi connectivity index (χ3n) is 5.75. The van der Waals surface area contributed by atoms with Gasteiger partial charge in [-0.25, -0.2) is 13.8 Å². The summed E-state index contributed by atoms with van der Waals surface area (Å²) in [5.74, 6) is -0.748. The Balaban J connectivity index is 1.60. The van der Waals surface area contributed by atoms with E-state index in [1.54, 1.807) is 25.3 Å². The number of hydrogen-bond donors (Lipinski definition) is 0. The first kappa shape index (κ1) is 21.7. The standard InChI is InChI=1S/C25H25F2N3O2/c1-16-14-29(15-28-16)23-7-6-18(10-24(23)32-3)9-19-5-4-8-30(25(19)31)17(2)20-11-21(26)13-22(27)12-20/h6-7,9-15,17H,4-5,8H2,1-3H3/t17-/m1/s1. The molecular formula is C25H25F2N3O2. The number of imidazole rings is 1. The van der Waals surface area contributed by atoms with Gasteiger partial charge >= 0.3 is 0 Å². The predicted octanol–water partition coefficient (Wildman–Crippen LogP) is 5.23. The second-order valence-corrected chi connectivity index (χ2v) is 8.00. The Morgan fingerprint density at radius 1 is 1.16 bits per heavy atom. The number of aryl methyl sites for hydroxylation is 1. The average Bonchev–Trinajstić information content (AvgIpc) is 3.20. The van der Waals surface area contributed by atoms with Gasteiger partial charge in [0.2, 0.25) is 5.91 Å². The summed E-state index contributed by atoms with van der Waals surface area (Å²) in [7, 11) is 1.60. The molecule has 0 spiro atoms. The highest BCUT2D eigenvalue weighted by Crippen LogP contribution is 2.31. The third-order valence-corrected chi connectivity index (χ3v) is 5.75. The van der Waals surface area contributed by atoms with Crippen LogP contribution >= 0.6 is 0 Å². The monoisotopic (exact) mass is 437 g/mol. The largest absolute Gasteiger partial charge is 0.495 e. The first-order valence-corrected chi connectivity index (χ1v) is 10.5. The molecule has 32 heavy (non-hydrogen) atoms. The third kappa shape index (κ3) is 4.42. The van der Waals surface area contributed by atoms with E-state index in [1.165, 1.54) is 12.1 Å². The lowest BCUT2D eigenvalue weighted by Gasteiger charge is -2.34. The van der Waals surface area contributed by atoms with Crippen molar-refractivity contribution in [2.24, 2.45) is 0 Å². The highest BCUT2D eigenvalue weighted by atomic mass is 19.1. The van der Waals surface area contributed by atoms with E-state index in [9.17, 15) is 13.6 Å². The maximum Gasteiger partial charge on any atom is 0.250 e. The molecule has 1 saturated heterocycles. The fourth-order valence-corrected chi connectivity index (χ4v) is 4.08. The summed E-state index contributed by atoms with van der Waals surface area (Å²) in [6, 6.07) is 8.70. The van der Waals surface area contributed by atoms with Crippen LogP contribution in [0, 0.1) is 18.6 Å². The lowest BCUT2D eigenvalue weighted by atomic mass is 9.97. The van der Waals surface area contributed by atoms with E-state index in [0.29, 0.717) is 29.9 Å². The minimum atomic E-state index is -0.646. The summed E-state index contributed by atoms with van der Waals surface area (Å²) in [6.45, 7) is 4.25. The van der Waals surface area contributed by atoms with Gasteiger partial charge in [-0.3, -0.25) is 4.79 Å². The van der Waals surface area contributed by atoms with Gasteiger partial charge in [-0.2, -0.15) is 0 Å². The van der Waals surface area contributed by atoms with Crippen LogP contribution in [-0.4, -0.2) is 34.0 Å². The van der Waals surface area contributed by atoms with Crippen LogP contribution in [-0.2, 0) is 4.79 Å². The molecule has 2 aromatic carbocycles. The zero-order valence-corrected chi connectivity index (χ0v) is 18.3. The lowest BCUT2D eigenvalue weighted by Crippen LogP contribution is -2.38. The number of hydrogen-bond acceptors (Lipinski definition) is 3.